The predicted octanol–water partition coefficient (Wildman–Crippen LogP) is 4.27. The van der Waals surface area contributed by atoms with Gasteiger partial charge in [-0.1, -0.05) is 18.5 Å². The van der Waals surface area contributed by atoms with Crippen molar-refractivity contribution in [3.63, 3.8) is 0 Å². The lowest BCUT2D eigenvalue weighted by molar-refractivity contribution is -0.0136. The minimum absolute atomic E-state index is 0.0960. The summed E-state index contributed by atoms with van der Waals surface area (Å²) in [5, 5.41) is 13.7. The summed E-state index contributed by atoms with van der Waals surface area (Å²) in [6.07, 6.45) is 2.58. The third-order valence-electron chi connectivity index (χ3n) is 6.61. The second-order valence-electron chi connectivity index (χ2n) is 9.61. The van der Waals surface area contributed by atoms with E-state index in [1.54, 1.807) is 0 Å². The highest BCUT2D eigenvalue weighted by molar-refractivity contribution is 6.33. The van der Waals surface area contributed by atoms with Crippen LogP contribution in [0.15, 0.2) is 18.3 Å². The molecule has 0 bridgehead atoms. The van der Waals surface area contributed by atoms with Gasteiger partial charge >= 0.3 is 0 Å². The molecule has 0 spiro atoms. The van der Waals surface area contributed by atoms with E-state index in [1.807, 2.05) is 6.07 Å². The van der Waals surface area contributed by atoms with Gasteiger partial charge in [-0.05, 0) is 44.7 Å². The zero-order valence-corrected chi connectivity index (χ0v) is 20.4. The molecule has 2 aromatic heterocycles. The van der Waals surface area contributed by atoms with Gasteiger partial charge in [0.1, 0.15) is 5.52 Å². The smallest absolute Gasteiger partial charge is 0.223 e. The van der Waals surface area contributed by atoms with E-state index in [9.17, 15) is 5.11 Å². The highest BCUT2D eigenvalue weighted by Gasteiger charge is 2.27. The molecule has 0 amide bonds. The number of anilines is 2. The van der Waals surface area contributed by atoms with Crippen LogP contribution < -0.4 is 10.2 Å². The molecule has 2 aliphatic heterocycles. The summed E-state index contributed by atoms with van der Waals surface area (Å²) in [5.74, 6) is 1.30. The molecular formula is C24H30ClFN6O2. The second kappa shape index (κ2) is 9.28. The van der Waals surface area contributed by atoms with Crippen LogP contribution in [0.3, 0.4) is 0 Å². The molecule has 5 rings (SSSR count). The number of aliphatic hydroxyl groups is 1. The first-order chi connectivity index (χ1) is 16.3. The van der Waals surface area contributed by atoms with Gasteiger partial charge in [-0.25, -0.2) is 19.3 Å². The van der Waals surface area contributed by atoms with E-state index in [4.69, 9.17) is 21.3 Å². The molecule has 182 valence electrons. The van der Waals surface area contributed by atoms with Crippen molar-refractivity contribution in [2.24, 2.45) is 5.92 Å². The SMILES string of the molecule is CC(C)n1c(N2CC[C@H](C)C2)nc2c(F)cc(-c3nc(N[C@@H]4CCOC[C@H]4O)ncc3Cl)cc21. The number of hydrogen-bond acceptors (Lipinski definition) is 7. The van der Waals surface area contributed by atoms with Crippen molar-refractivity contribution >= 4 is 34.5 Å². The maximum Gasteiger partial charge on any atom is 0.223 e. The summed E-state index contributed by atoms with van der Waals surface area (Å²) < 4.78 is 22.7. The molecule has 0 radical (unpaired) electrons. The maximum absolute atomic E-state index is 15.4. The molecule has 2 N–H and O–H groups in total. The van der Waals surface area contributed by atoms with Gasteiger partial charge < -0.3 is 24.6 Å². The van der Waals surface area contributed by atoms with Gasteiger partial charge in [0.15, 0.2) is 5.82 Å². The van der Waals surface area contributed by atoms with Crippen LogP contribution in [0.5, 0.6) is 0 Å². The van der Waals surface area contributed by atoms with Crippen molar-refractivity contribution in [2.45, 2.75) is 51.8 Å². The Kier molecular flexibility index (Phi) is 6.35. The lowest BCUT2D eigenvalue weighted by Gasteiger charge is -2.28. The van der Waals surface area contributed by atoms with Gasteiger partial charge in [0.25, 0.3) is 0 Å². The zero-order chi connectivity index (χ0) is 24.0. The van der Waals surface area contributed by atoms with E-state index < -0.39 is 11.9 Å². The monoisotopic (exact) mass is 488 g/mol. The Hall–Kier alpha value is -2.49. The summed E-state index contributed by atoms with van der Waals surface area (Å²) >= 11 is 6.46. The number of fused-ring (bicyclic) bond motifs is 1. The van der Waals surface area contributed by atoms with E-state index >= 15 is 4.39 Å². The molecule has 3 aromatic rings. The van der Waals surface area contributed by atoms with Crippen molar-refractivity contribution in [1.82, 2.24) is 19.5 Å². The lowest BCUT2D eigenvalue weighted by atomic mass is 10.1. The van der Waals surface area contributed by atoms with E-state index in [0.29, 0.717) is 52.2 Å². The number of halogens is 2. The predicted molar refractivity (Wildman–Crippen MR) is 131 cm³/mol. The topological polar surface area (TPSA) is 88.3 Å². The fourth-order valence-electron chi connectivity index (χ4n) is 4.82. The number of rotatable bonds is 5. The number of imidazole rings is 1. The third kappa shape index (κ3) is 4.32. The number of ether oxygens (including phenoxy) is 1. The number of hydrogen-bond donors (Lipinski definition) is 2. The molecule has 2 fully saturated rings. The first-order valence-corrected chi connectivity index (χ1v) is 12.2. The fraction of sp³-hybridized carbons (Fsp3) is 0.542. The minimum Gasteiger partial charge on any atom is -0.389 e. The van der Waals surface area contributed by atoms with E-state index in [2.05, 4.69) is 45.5 Å². The summed E-state index contributed by atoms with van der Waals surface area (Å²) in [6, 6.07) is 3.20. The third-order valence-corrected chi connectivity index (χ3v) is 6.89. The number of aliphatic hydroxyl groups excluding tert-OH is 1. The Bertz CT molecular complexity index is 1200. The van der Waals surface area contributed by atoms with E-state index in [-0.39, 0.29) is 18.7 Å². The van der Waals surface area contributed by atoms with Gasteiger partial charge in [-0.3, -0.25) is 0 Å². The van der Waals surface area contributed by atoms with E-state index in [0.717, 1.165) is 25.5 Å². The highest BCUT2D eigenvalue weighted by Crippen LogP contribution is 2.35. The Labute approximate surface area is 203 Å². The van der Waals surface area contributed by atoms with Gasteiger partial charge in [-0.2, -0.15) is 0 Å². The fourth-order valence-corrected chi connectivity index (χ4v) is 5.02. The maximum atomic E-state index is 15.4. The lowest BCUT2D eigenvalue weighted by Crippen LogP contribution is -2.42. The van der Waals surface area contributed by atoms with Crippen LogP contribution in [0.1, 0.15) is 39.7 Å². The Morgan fingerprint density at radius 1 is 1.26 bits per heavy atom. The molecule has 4 heterocycles. The van der Waals surface area contributed by atoms with Gasteiger partial charge in [0.2, 0.25) is 11.9 Å². The molecule has 2 aliphatic rings. The number of nitrogens with zero attached hydrogens (tertiary/aromatic N) is 5. The largest absolute Gasteiger partial charge is 0.389 e. The number of nitrogens with one attached hydrogen (secondary N) is 1. The minimum atomic E-state index is -0.655. The Morgan fingerprint density at radius 3 is 2.79 bits per heavy atom. The second-order valence-corrected chi connectivity index (χ2v) is 10.0. The molecule has 34 heavy (non-hydrogen) atoms. The van der Waals surface area contributed by atoms with Crippen LogP contribution in [0.4, 0.5) is 16.3 Å². The molecule has 3 atom stereocenters. The summed E-state index contributed by atoms with van der Waals surface area (Å²) in [4.78, 5) is 15.8. The molecule has 0 unspecified atom stereocenters. The van der Waals surface area contributed by atoms with Crippen LogP contribution in [-0.2, 0) is 4.74 Å². The Balaban J connectivity index is 1.56. The molecule has 10 heteroatoms. The summed E-state index contributed by atoms with van der Waals surface area (Å²) in [5.41, 5.74) is 2.04. The van der Waals surface area contributed by atoms with Crippen LogP contribution in [0, 0.1) is 11.7 Å². The molecular weight excluding hydrogens is 459 g/mol. The molecule has 2 saturated heterocycles. The molecule has 0 aliphatic carbocycles. The van der Waals surface area contributed by atoms with Crippen molar-refractivity contribution in [3.05, 3.63) is 29.2 Å². The van der Waals surface area contributed by atoms with Crippen LogP contribution in [0.2, 0.25) is 5.02 Å². The van der Waals surface area contributed by atoms with Gasteiger partial charge in [-0.15, -0.1) is 0 Å². The average Bonchev–Trinajstić information content (AvgIpc) is 3.40. The number of benzene rings is 1. The van der Waals surface area contributed by atoms with Crippen molar-refractivity contribution in [1.29, 1.82) is 0 Å². The Morgan fingerprint density at radius 2 is 2.09 bits per heavy atom. The van der Waals surface area contributed by atoms with Gasteiger partial charge in [0.05, 0.1) is 41.2 Å². The van der Waals surface area contributed by atoms with E-state index in [1.165, 1.54) is 12.3 Å². The van der Waals surface area contributed by atoms with Crippen LogP contribution in [0.25, 0.3) is 22.3 Å². The van der Waals surface area contributed by atoms with Crippen molar-refractivity contribution in [2.75, 3.05) is 36.5 Å². The standard InChI is InChI=1S/C24H30ClFN6O2/c1-13(2)32-19-9-15(8-17(26)22(19)30-24(32)31-6-4-14(3)11-31)21-16(25)10-27-23(29-21)28-18-5-7-34-12-20(18)33/h8-10,13-14,18,20,33H,4-7,11-12H2,1-3H3,(H,27,28,29)/t14-,18+,20+/m0/s1. The molecule has 1 aromatic carbocycles. The first-order valence-electron chi connectivity index (χ1n) is 11.8. The quantitative estimate of drug-likeness (QED) is 0.554. The molecule has 8 nitrogen and oxygen atoms in total. The summed E-state index contributed by atoms with van der Waals surface area (Å²) in [7, 11) is 0. The zero-order valence-electron chi connectivity index (χ0n) is 19.6. The highest BCUT2D eigenvalue weighted by atomic mass is 35.5. The van der Waals surface area contributed by atoms with Crippen LogP contribution >= 0.6 is 11.6 Å². The van der Waals surface area contributed by atoms with Crippen LogP contribution in [-0.4, -0.2) is 63.1 Å². The van der Waals surface area contributed by atoms with Gasteiger partial charge in [0, 0.05) is 31.3 Å². The molecule has 0 saturated carbocycles. The van der Waals surface area contributed by atoms with Crippen molar-refractivity contribution < 1.29 is 14.2 Å². The number of aromatic nitrogens is 4. The normalized spacial score (nSPS) is 23.3. The first kappa shape index (κ1) is 23.3. The van der Waals surface area contributed by atoms with Crippen molar-refractivity contribution in [3.8, 4) is 11.3 Å². The summed E-state index contributed by atoms with van der Waals surface area (Å²) in [6.45, 7) is 9.02. The average molecular weight is 489 g/mol.